The Morgan fingerprint density at radius 3 is 2.62 bits per heavy atom. The summed E-state index contributed by atoms with van der Waals surface area (Å²) in [6.07, 6.45) is 5.80. The van der Waals surface area contributed by atoms with Crippen LogP contribution in [0.25, 0.3) is 10.9 Å². The highest BCUT2D eigenvalue weighted by Gasteiger charge is 2.68. The van der Waals surface area contributed by atoms with Crippen molar-refractivity contribution in [2.75, 3.05) is 6.61 Å². The van der Waals surface area contributed by atoms with Crippen LogP contribution in [0.2, 0.25) is 0 Å². The number of aliphatic carboxylic acids is 1. The number of aromatic amines is 1. The Kier molecular flexibility index (Phi) is 8.67. The normalized spacial score (nSPS) is 33.6. The number of aliphatic hydroxyl groups excluding tert-OH is 1. The van der Waals surface area contributed by atoms with Crippen LogP contribution in [-0.2, 0) is 35.1 Å². The first-order valence-electron chi connectivity index (χ1n) is 16.7. The van der Waals surface area contributed by atoms with Gasteiger partial charge in [0.1, 0.15) is 11.6 Å². The number of esters is 1. The van der Waals surface area contributed by atoms with Gasteiger partial charge >= 0.3 is 11.9 Å². The summed E-state index contributed by atoms with van der Waals surface area (Å²) < 4.78 is 5.22. The van der Waals surface area contributed by atoms with Crippen LogP contribution >= 0.6 is 0 Å². The maximum atomic E-state index is 13.5. The van der Waals surface area contributed by atoms with Crippen LogP contribution < -0.4 is 5.32 Å². The SMILES string of the molecule is C[C@]12CCC(=O)C=C1CC[C@@H]1[C@@H]2[C@H](O)C[C@@]2(C)[C@H]1CC[C@]2(O)C(=O)COC(=O)CCC(=O)N[C@H](Cc1c[nH]c2ccccc12)C(=O)O. The summed E-state index contributed by atoms with van der Waals surface area (Å²) in [5.41, 5.74) is -0.282. The molecular weight excluding hydrogens is 604 g/mol. The molecule has 4 aliphatic rings. The number of carbonyl (C=O) groups excluding carboxylic acids is 4. The van der Waals surface area contributed by atoms with E-state index in [0.29, 0.717) is 19.3 Å². The molecule has 252 valence electrons. The van der Waals surface area contributed by atoms with Gasteiger partial charge in [0.05, 0.1) is 12.5 Å². The fourth-order valence-electron chi connectivity index (χ4n) is 9.69. The van der Waals surface area contributed by atoms with Gasteiger partial charge in [-0.15, -0.1) is 0 Å². The van der Waals surface area contributed by atoms with Gasteiger partial charge in [-0.2, -0.15) is 0 Å². The summed E-state index contributed by atoms with van der Waals surface area (Å²) in [5, 5.41) is 36.5. The van der Waals surface area contributed by atoms with Crippen molar-refractivity contribution in [3.63, 3.8) is 0 Å². The largest absolute Gasteiger partial charge is 0.480 e. The van der Waals surface area contributed by atoms with Gasteiger partial charge in [0.15, 0.2) is 12.4 Å². The average molecular weight is 649 g/mol. The van der Waals surface area contributed by atoms with Gasteiger partial charge in [0.25, 0.3) is 0 Å². The van der Waals surface area contributed by atoms with Crippen molar-refractivity contribution in [2.45, 2.75) is 95.8 Å². The molecule has 11 nitrogen and oxygen atoms in total. The lowest BCUT2D eigenvalue weighted by Gasteiger charge is -2.60. The molecule has 4 aliphatic carbocycles. The number of fused-ring (bicyclic) bond motifs is 6. The molecule has 1 aromatic heterocycles. The highest BCUT2D eigenvalue weighted by Crippen LogP contribution is 2.67. The van der Waals surface area contributed by atoms with E-state index in [0.717, 1.165) is 34.9 Å². The molecule has 3 saturated carbocycles. The van der Waals surface area contributed by atoms with Crippen LogP contribution in [0.1, 0.15) is 77.2 Å². The molecule has 5 N–H and O–H groups in total. The molecule has 0 aliphatic heterocycles. The minimum absolute atomic E-state index is 0.00770. The highest BCUT2D eigenvalue weighted by molar-refractivity contribution is 5.92. The predicted molar refractivity (Wildman–Crippen MR) is 170 cm³/mol. The number of carboxylic acids is 1. The number of benzene rings is 1. The van der Waals surface area contributed by atoms with Gasteiger partial charge in [-0.3, -0.25) is 19.2 Å². The van der Waals surface area contributed by atoms with Crippen molar-refractivity contribution in [1.82, 2.24) is 10.3 Å². The molecule has 6 rings (SSSR count). The van der Waals surface area contributed by atoms with Gasteiger partial charge in [0, 0.05) is 41.8 Å². The van der Waals surface area contributed by atoms with Crippen LogP contribution in [0.4, 0.5) is 0 Å². The smallest absolute Gasteiger partial charge is 0.326 e. The number of ether oxygens (including phenoxy) is 1. The second-order valence-electron chi connectivity index (χ2n) is 14.6. The number of ketones is 2. The Balaban J connectivity index is 1.03. The Labute approximate surface area is 273 Å². The third kappa shape index (κ3) is 5.71. The maximum Gasteiger partial charge on any atom is 0.326 e. The molecule has 2 aromatic rings. The number of rotatable bonds is 10. The predicted octanol–water partition coefficient (Wildman–Crippen LogP) is 3.41. The van der Waals surface area contributed by atoms with Gasteiger partial charge in [-0.05, 0) is 79.4 Å². The zero-order valence-electron chi connectivity index (χ0n) is 26.9. The number of H-pyrrole nitrogens is 1. The van der Waals surface area contributed by atoms with Crippen molar-refractivity contribution in [3.8, 4) is 0 Å². The van der Waals surface area contributed by atoms with Gasteiger partial charge in [0.2, 0.25) is 11.7 Å². The molecule has 1 heterocycles. The van der Waals surface area contributed by atoms with Crippen molar-refractivity contribution < 1.29 is 44.0 Å². The van der Waals surface area contributed by atoms with Gasteiger partial charge < -0.3 is 30.4 Å². The minimum atomic E-state index is -1.78. The summed E-state index contributed by atoms with van der Waals surface area (Å²) in [6.45, 7) is 3.35. The molecular formula is C36H44N2O9. The van der Waals surface area contributed by atoms with E-state index in [4.69, 9.17) is 4.74 Å². The number of allylic oxidation sites excluding steroid dienone is 1. The third-order valence-electron chi connectivity index (χ3n) is 12.2. The number of amides is 1. The van der Waals surface area contributed by atoms with E-state index in [9.17, 15) is 39.3 Å². The number of nitrogens with one attached hydrogen (secondary N) is 2. The number of aromatic nitrogens is 1. The van der Waals surface area contributed by atoms with Crippen LogP contribution in [0.15, 0.2) is 42.1 Å². The number of Topliss-reactive ketones (excluding diaryl/α,β-unsaturated/α-hetero) is 1. The third-order valence-corrected chi connectivity index (χ3v) is 12.2. The number of para-hydroxylation sites is 1. The van der Waals surface area contributed by atoms with E-state index >= 15 is 0 Å². The standard InChI is InChI=1S/C36H44N2O9/c1-34-13-11-22(39)16-21(34)7-8-24-25-12-14-36(46,35(25,2)17-28(40)32(24)34)29(41)19-47-31(43)10-9-30(42)38-27(33(44)45)15-20-18-37-26-6-4-3-5-23(20)26/h3-6,16,18,24-25,27-28,32,37,40,46H,7-15,17,19H2,1-2H3,(H,38,42)(H,44,45)/t24-,25-,27+,28+,32+,34-,35-,36-/m0/s1. The number of carbonyl (C=O) groups is 5. The average Bonchev–Trinajstić information content (AvgIpc) is 3.56. The zero-order chi connectivity index (χ0) is 33.7. The van der Waals surface area contributed by atoms with Gasteiger partial charge in [-0.25, -0.2) is 4.79 Å². The second-order valence-corrected chi connectivity index (χ2v) is 14.6. The van der Waals surface area contributed by atoms with Crippen LogP contribution in [0.5, 0.6) is 0 Å². The monoisotopic (exact) mass is 648 g/mol. The molecule has 8 atom stereocenters. The van der Waals surface area contributed by atoms with E-state index in [-0.39, 0.29) is 61.1 Å². The van der Waals surface area contributed by atoms with E-state index < -0.39 is 53.4 Å². The lowest BCUT2D eigenvalue weighted by atomic mass is 9.45. The minimum Gasteiger partial charge on any atom is -0.480 e. The van der Waals surface area contributed by atoms with E-state index in [1.54, 1.807) is 12.3 Å². The number of hydrogen-bond acceptors (Lipinski definition) is 8. The maximum absolute atomic E-state index is 13.5. The molecule has 0 saturated heterocycles. The van der Waals surface area contributed by atoms with Crippen LogP contribution in [0.3, 0.4) is 0 Å². The number of carboxylic acid groups (broad SMARTS) is 1. The van der Waals surface area contributed by atoms with Gasteiger partial charge in [-0.1, -0.05) is 37.6 Å². The zero-order valence-corrected chi connectivity index (χ0v) is 26.9. The van der Waals surface area contributed by atoms with Crippen LogP contribution in [-0.4, -0.2) is 74.1 Å². The summed E-state index contributed by atoms with van der Waals surface area (Å²) >= 11 is 0. The Morgan fingerprint density at radius 1 is 1.09 bits per heavy atom. The fraction of sp³-hybridized carbons (Fsp3) is 0.583. The summed E-state index contributed by atoms with van der Waals surface area (Å²) in [5.74, 6) is -3.12. The lowest BCUT2D eigenvalue weighted by molar-refractivity contribution is -0.184. The first kappa shape index (κ1) is 33.1. The van der Waals surface area contributed by atoms with Crippen molar-refractivity contribution in [1.29, 1.82) is 0 Å². The van der Waals surface area contributed by atoms with E-state index in [2.05, 4.69) is 17.2 Å². The molecule has 1 amide bonds. The molecule has 0 radical (unpaired) electrons. The molecule has 3 fully saturated rings. The number of hydrogen-bond donors (Lipinski definition) is 5. The molecule has 47 heavy (non-hydrogen) atoms. The lowest BCUT2D eigenvalue weighted by Crippen LogP contribution is -2.62. The Morgan fingerprint density at radius 2 is 1.85 bits per heavy atom. The summed E-state index contributed by atoms with van der Waals surface area (Å²) in [6, 6.07) is 6.22. The first-order valence-corrected chi connectivity index (χ1v) is 16.7. The molecule has 0 bridgehead atoms. The quantitative estimate of drug-likeness (QED) is 0.241. The highest BCUT2D eigenvalue weighted by atomic mass is 16.5. The van der Waals surface area contributed by atoms with Crippen LogP contribution in [0, 0.1) is 28.6 Å². The molecule has 11 heteroatoms. The summed E-state index contributed by atoms with van der Waals surface area (Å²) in [4.78, 5) is 65.8. The van der Waals surface area contributed by atoms with E-state index in [1.165, 1.54) is 0 Å². The molecule has 0 unspecified atom stereocenters. The Bertz CT molecular complexity index is 1650. The second kappa shape index (κ2) is 12.3. The van der Waals surface area contributed by atoms with Crippen molar-refractivity contribution in [2.24, 2.45) is 28.6 Å². The molecule has 1 aromatic carbocycles. The Hall–Kier alpha value is -3.83. The van der Waals surface area contributed by atoms with Crippen molar-refractivity contribution >= 4 is 40.3 Å². The van der Waals surface area contributed by atoms with E-state index in [1.807, 2.05) is 31.2 Å². The summed E-state index contributed by atoms with van der Waals surface area (Å²) in [7, 11) is 0. The number of aliphatic hydroxyl groups is 2. The topological polar surface area (TPSA) is 183 Å². The van der Waals surface area contributed by atoms with Crippen molar-refractivity contribution in [3.05, 3.63) is 47.7 Å². The first-order chi connectivity index (χ1) is 22.3. The fourth-order valence-corrected chi connectivity index (χ4v) is 9.69. The molecule has 0 spiro atoms.